The van der Waals surface area contributed by atoms with Crippen LogP contribution < -0.4 is 9.64 Å². The zero-order valence-corrected chi connectivity index (χ0v) is 19.9. The van der Waals surface area contributed by atoms with Crippen LogP contribution >= 0.6 is 22.9 Å². The number of anilines is 1. The Balaban J connectivity index is 1.71. The van der Waals surface area contributed by atoms with Crippen molar-refractivity contribution in [2.75, 3.05) is 39.2 Å². The third-order valence-corrected chi connectivity index (χ3v) is 7.26. The maximum absolute atomic E-state index is 13.6. The molecule has 1 amide bonds. The predicted molar refractivity (Wildman–Crippen MR) is 129 cm³/mol. The highest BCUT2D eigenvalue weighted by atomic mass is 35.5. The Hall–Kier alpha value is -2.15. The molecule has 1 heterocycles. The number of benzene rings is 2. The van der Waals surface area contributed by atoms with E-state index in [4.69, 9.17) is 21.3 Å². The number of aryl methyl sites for hydroxylation is 2. The van der Waals surface area contributed by atoms with Crippen molar-refractivity contribution in [2.24, 2.45) is 0 Å². The molecule has 5 nitrogen and oxygen atoms in total. The first-order valence-corrected chi connectivity index (χ1v) is 11.9. The Morgan fingerprint density at radius 2 is 1.90 bits per heavy atom. The smallest absolute Gasteiger partial charge is 0.260 e. The van der Waals surface area contributed by atoms with Crippen molar-refractivity contribution in [3.8, 4) is 5.75 Å². The first-order valence-electron chi connectivity index (χ1n) is 10.7. The largest absolute Gasteiger partial charge is 0.494 e. The number of carbonyl (C=O) groups excluding carboxylic acids is 1. The zero-order valence-electron chi connectivity index (χ0n) is 18.3. The summed E-state index contributed by atoms with van der Waals surface area (Å²) >= 11 is 7.87. The Morgan fingerprint density at radius 1 is 1.13 bits per heavy atom. The molecule has 4 rings (SSSR count). The van der Waals surface area contributed by atoms with Gasteiger partial charge in [0, 0.05) is 12.1 Å². The van der Waals surface area contributed by atoms with E-state index in [0.29, 0.717) is 28.0 Å². The number of methoxy groups -OCH3 is 1. The van der Waals surface area contributed by atoms with Gasteiger partial charge in [-0.05, 0) is 88.1 Å². The average molecular weight is 458 g/mol. The van der Waals surface area contributed by atoms with E-state index in [9.17, 15) is 4.79 Å². The van der Waals surface area contributed by atoms with Crippen LogP contribution in [-0.4, -0.2) is 50.1 Å². The summed E-state index contributed by atoms with van der Waals surface area (Å²) in [6, 6.07) is 9.79. The standard InChI is InChI=1S/C24H28ClN3O2S/c1-27(2)13-6-14-28(23(29)18-10-9-16-7-4-5-8-17(16)15-18)24-26-21-20(30-3)12-11-19(25)22(21)31-24/h9-12,15H,4-8,13-14H2,1-3H3. The van der Waals surface area contributed by atoms with Crippen LogP contribution in [0.5, 0.6) is 5.75 Å². The molecule has 0 saturated heterocycles. The van der Waals surface area contributed by atoms with Gasteiger partial charge >= 0.3 is 0 Å². The molecule has 0 fully saturated rings. The fourth-order valence-corrected chi connectivity index (χ4v) is 5.35. The van der Waals surface area contributed by atoms with E-state index in [-0.39, 0.29) is 5.91 Å². The normalized spacial score (nSPS) is 13.5. The second kappa shape index (κ2) is 9.55. The van der Waals surface area contributed by atoms with E-state index in [0.717, 1.165) is 36.1 Å². The van der Waals surface area contributed by atoms with Crippen molar-refractivity contribution >= 4 is 44.2 Å². The Morgan fingerprint density at radius 3 is 2.65 bits per heavy atom. The molecule has 0 aliphatic heterocycles. The van der Waals surface area contributed by atoms with Gasteiger partial charge in [-0.2, -0.15) is 0 Å². The third-order valence-electron chi connectivity index (χ3n) is 5.73. The molecule has 7 heteroatoms. The molecule has 0 saturated carbocycles. The SMILES string of the molecule is COc1ccc(Cl)c2sc(N(CCCN(C)C)C(=O)c3ccc4c(c3)CCCC4)nc12. The number of fused-ring (bicyclic) bond motifs is 2. The summed E-state index contributed by atoms with van der Waals surface area (Å²) in [7, 11) is 5.70. The number of halogens is 1. The Labute approximate surface area is 192 Å². The van der Waals surface area contributed by atoms with E-state index in [1.54, 1.807) is 12.0 Å². The molecule has 0 N–H and O–H groups in total. The van der Waals surface area contributed by atoms with Crippen molar-refractivity contribution in [1.82, 2.24) is 9.88 Å². The maximum Gasteiger partial charge on any atom is 0.260 e. The van der Waals surface area contributed by atoms with Gasteiger partial charge in [0.1, 0.15) is 11.3 Å². The first-order chi connectivity index (χ1) is 15.0. The number of amides is 1. The Bertz CT molecular complexity index is 1100. The van der Waals surface area contributed by atoms with E-state index < -0.39 is 0 Å². The van der Waals surface area contributed by atoms with Gasteiger partial charge < -0.3 is 9.64 Å². The lowest BCUT2D eigenvalue weighted by atomic mass is 9.90. The molecule has 1 aromatic heterocycles. The van der Waals surface area contributed by atoms with Gasteiger partial charge in [0.05, 0.1) is 16.8 Å². The van der Waals surface area contributed by atoms with Crippen LogP contribution in [0.2, 0.25) is 5.02 Å². The number of rotatable bonds is 7. The minimum atomic E-state index is -0.0127. The number of carbonyl (C=O) groups is 1. The summed E-state index contributed by atoms with van der Waals surface area (Å²) in [5.41, 5.74) is 4.10. The van der Waals surface area contributed by atoms with Gasteiger partial charge in [-0.1, -0.05) is 29.0 Å². The lowest BCUT2D eigenvalue weighted by Gasteiger charge is -2.22. The molecule has 31 heavy (non-hydrogen) atoms. The molecule has 0 atom stereocenters. The summed E-state index contributed by atoms with van der Waals surface area (Å²) in [6.07, 6.45) is 5.42. The summed E-state index contributed by atoms with van der Waals surface area (Å²) in [6.45, 7) is 1.48. The summed E-state index contributed by atoms with van der Waals surface area (Å²) < 4.78 is 6.31. The lowest BCUT2D eigenvalue weighted by Crippen LogP contribution is -2.33. The highest BCUT2D eigenvalue weighted by Crippen LogP contribution is 2.39. The number of hydrogen-bond acceptors (Lipinski definition) is 5. The third kappa shape index (κ3) is 4.71. The second-order valence-electron chi connectivity index (χ2n) is 8.23. The van der Waals surface area contributed by atoms with Crippen LogP contribution in [-0.2, 0) is 12.8 Å². The van der Waals surface area contributed by atoms with E-state index in [2.05, 4.69) is 17.0 Å². The number of aromatic nitrogens is 1. The highest BCUT2D eigenvalue weighted by Gasteiger charge is 2.24. The van der Waals surface area contributed by atoms with Gasteiger partial charge in [-0.15, -0.1) is 0 Å². The van der Waals surface area contributed by atoms with E-state index in [1.807, 2.05) is 32.3 Å². The molecule has 0 radical (unpaired) electrons. The molecule has 0 unspecified atom stereocenters. The molecule has 1 aliphatic rings. The fourth-order valence-electron chi connectivity index (χ4n) is 4.07. The van der Waals surface area contributed by atoms with Crippen LogP contribution in [0.25, 0.3) is 10.2 Å². The van der Waals surface area contributed by atoms with Crippen molar-refractivity contribution < 1.29 is 9.53 Å². The number of ether oxygens (including phenoxy) is 1. The molecule has 0 spiro atoms. The van der Waals surface area contributed by atoms with Crippen LogP contribution in [0.3, 0.4) is 0 Å². The van der Waals surface area contributed by atoms with Crippen LogP contribution in [0.1, 0.15) is 40.7 Å². The number of thiazole rings is 1. The van der Waals surface area contributed by atoms with Gasteiger partial charge in [0.2, 0.25) is 0 Å². The van der Waals surface area contributed by atoms with Crippen molar-refractivity contribution in [3.05, 3.63) is 52.0 Å². The minimum Gasteiger partial charge on any atom is -0.494 e. The van der Waals surface area contributed by atoms with Gasteiger partial charge in [-0.3, -0.25) is 9.69 Å². The lowest BCUT2D eigenvalue weighted by molar-refractivity contribution is 0.0986. The minimum absolute atomic E-state index is 0.0127. The topological polar surface area (TPSA) is 45.7 Å². The molecular weight excluding hydrogens is 430 g/mol. The van der Waals surface area contributed by atoms with Crippen LogP contribution in [0.15, 0.2) is 30.3 Å². The monoisotopic (exact) mass is 457 g/mol. The molecule has 0 bridgehead atoms. The Kier molecular flexibility index (Phi) is 6.80. The number of hydrogen-bond donors (Lipinski definition) is 0. The molecular formula is C24H28ClN3O2S. The molecule has 1 aliphatic carbocycles. The van der Waals surface area contributed by atoms with Gasteiger partial charge in [0.15, 0.2) is 5.13 Å². The summed E-state index contributed by atoms with van der Waals surface area (Å²) in [4.78, 5) is 22.3. The average Bonchev–Trinajstić information content (AvgIpc) is 3.22. The van der Waals surface area contributed by atoms with E-state index in [1.165, 1.54) is 35.3 Å². The molecule has 164 valence electrons. The van der Waals surface area contributed by atoms with Crippen LogP contribution in [0.4, 0.5) is 5.13 Å². The number of nitrogens with zero attached hydrogens (tertiary/aromatic N) is 3. The van der Waals surface area contributed by atoms with Gasteiger partial charge in [0.25, 0.3) is 5.91 Å². The molecule has 2 aromatic carbocycles. The summed E-state index contributed by atoms with van der Waals surface area (Å²) in [5.74, 6) is 0.651. The molecule has 3 aromatic rings. The van der Waals surface area contributed by atoms with Crippen molar-refractivity contribution in [2.45, 2.75) is 32.1 Å². The van der Waals surface area contributed by atoms with Gasteiger partial charge in [-0.25, -0.2) is 4.98 Å². The van der Waals surface area contributed by atoms with E-state index >= 15 is 0 Å². The summed E-state index contributed by atoms with van der Waals surface area (Å²) in [5, 5.41) is 1.27. The quantitative estimate of drug-likeness (QED) is 0.474. The van der Waals surface area contributed by atoms with Crippen molar-refractivity contribution in [3.63, 3.8) is 0 Å². The fraction of sp³-hybridized carbons (Fsp3) is 0.417. The first kappa shape index (κ1) is 22.1. The van der Waals surface area contributed by atoms with Crippen LogP contribution in [0, 0.1) is 0 Å². The van der Waals surface area contributed by atoms with Crippen molar-refractivity contribution in [1.29, 1.82) is 0 Å². The zero-order chi connectivity index (χ0) is 22.0. The predicted octanol–water partition coefficient (Wildman–Crippen LogP) is 5.44. The highest BCUT2D eigenvalue weighted by molar-refractivity contribution is 7.23. The maximum atomic E-state index is 13.6. The second-order valence-corrected chi connectivity index (χ2v) is 9.61.